The fourth-order valence-corrected chi connectivity index (χ4v) is 3.47. The van der Waals surface area contributed by atoms with Gasteiger partial charge in [-0.25, -0.2) is 0 Å². The summed E-state index contributed by atoms with van der Waals surface area (Å²) in [6, 6.07) is 6.98. The molecule has 1 aromatic rings. The highest BCUT2D eigenvalue weighted by atomic mass is 16.2. The predicted octanol–water partition coefficient (Wildman–Crippen LogP) is 3.45. The summed E-state index contributed by atoms with van der Waals surface area (Å²) >= 11 is 0. The first-order valence-corrected chi connectivity index (χ1v) is 9.25. The quantitative estimate of drug-likeness (QED) is 0.489. The first kappa shape index (κ1) is 17.6. The topological polar surface area (TPSA) is 75.3 Å². The SMILES string of the molecule is CC(=O)c1ccc(NC(=O)C2(C(=O)NC3CCCCCC3)CC2)cc1. The molecular weight excluding hydrogens is 316 g/mol. The van der Waals surface area contributed by atoms with Crippen molar-refractivity contribution in [3.63, 3.8) is 0 Å². The van der Waals surface area contributed by atoms with Crippen molar-refractivity contribution in [2.45, 2.75) is 64.3 Å². The van der Waals surface area contributed by atoms with Crippen molar-refractivity contribution in [3.05, 3.63) is 29.8 Å². The fourth-order valence-electron chi connectivity index (χ4n) is 3.47. The lowest BCUT2D eigenvalue weighted by molar-refractivity contribution is -0.134. The molecule has 0 saturated heterocycles. The highest BCUT2D eigenvalue weighted by Crippen LogP contribution is 2.47. The van der Waals surface area contributed by atoms with Gasteiger partial charge < -0.3 is 10.6 Å². The molecule has 2 aliphatic carbocycles. The molecule has 0 heterocycles. The van der Waals surface area contributed by atoms with Crippen LogP contribution in [0.5, 0.6) is 0 Å². The zero-order chi connectivity index (χ0) is 17.9. The lowest BCUT2D eigenvalue weighted by atomic mass is 10.0. The first-order chi connectivity index (χ1) is 12.0. The maximum Gasteiger partial charge on any atom is 0.240 e. The number of hydrogen-bond acceptors (Lipinski definition) is 3. The van der Waals surface area contributed by atoms with E-state index in [1.807, 2.05) is 0 Å². The van der Waals surface area contributed by atoms with Crippen LogP contribution in [0.4, 0.5) is 5.69 Å². The van der Waals surface area contributed by atoms with E-state index in [0.29, 0.717) is 24.1 Å². The van der Waals surface area contributed by atoms with E-state index >= 15 is 0 Å². The molecule has 0 spiro atoms. The second-order valence-corrected chi connectivity index (χ2v) is 7.33. The Balaban J connectivity index is 1.60. The number of rotatable bonds is 5. The Hall–Kier alpha value is -2.17. The van der Waals surface area contributed by atoms with E-state index in [1.165, 1.54) is 19.8 Å². The van der Waals surface area contributed by atoms with Crippen molar-refractivity contribution in [3.8, 4) is 0 Å². The minimum absolute atomic E-state index is 0.0145. The monoisotopic (exact) mass is 342 g/mol. The van der Waals surface area contributed by atoms with Crippen LogP contribution in [0.2, 0.25) is 0 Å². The lowest BCUT2D eigenvalue weighted by Crippen LogP contribution is -2.44. The summed E-state index contributed by atoms with van der Waals surface area (Å²) in [5, 5.41) is 5.94. The zero-order valence-corrected chi connectivity index (χ0v) is 14.8. The average molecular weight is 342 g/mol. The summed E-state index contributed by atoms with van der Waals surface area (Å²) < 4.78 is 0. The van der Waals surface area contributed by atoms with E-state index in [9.17, 15) is 14.4 Å². The van der Waals surface area contributed by atoms with Crippen molar-refractivity contribution >= 4 is 23.3 Å². The van der Waals surface area contributed by atoms with Gasteiger partial charge in [0.25, 0.3) is 0 Å². The van der Waals surface area contributed by atoms with Gasteiger partial charge in [-0.1, -0.05) is 25.7 Å². The van der Waals surface area contributed by atoms with Crippen LogP contribution in [0.25, 0.3) is 0 Å². The Labute approximate surface area is 148 Å². The van der Waals surface area contributed by atoms with Gasteiger partial charge >= 0.3 is 0 Å². The van der Waals surface area contributed by atoms with Crippen LogP contribution in [0.3, 0.4) is 0 Å². The van der Waals surface area contributed by atoms with Crippen LogP contribution in [-0.4, -0.2) is 23.6 Å². The molecule has 134 valence electrons. The minimum atomic E-state index is -0.911. The molecule has 2 amide bonds. The van der Waals surface area contributed by atoms with Crippen LogP contribution < -0.4 is 10.6 Å². The molecule has 5 nitrogen and oxygen atoms in total. The number of amides is 2. The summed E-state index contributed by atoms with van der Waals surface area (Å²) in [6.45, 7) is 1.50. The molecule has 0 atom stereocenters. The number of nitrogens with one attached hydrogen (secondary N) is 2. The molecule has 2 N–H and O–H groups in total. The van der Waals surface area contributed by atoms with Gasteiger partial charge in [0.1, 0.15) is 5.41 Å². The number of ketones is 1. The third-order valence-corrected chi connectivity index (χ3v) is 5.36. The maximum absolute atomic E-state index is 12.7. The summed E-state index contributed by atoms with van der Waals surface area (Å²) in [7, 11) is 0. The lowest BCUT2D eigenvalue weighted by Gasteiger charge is -2.21. The Morgan fingerprint density at radius 2 is 1.52 bits per heavy atom. The molecule has 2 aliphatic rings. The van der Waals surface area contributed by atoms with Crippen molar-refractivity contribution in [2.75, 3.05) is 5.32 Å². The second-order valence-electron chi connectivity index (χ2n) is 7.33. The highest BCUT2D eigenvalue weighted by Gasteiger charge is 2.56. The molecular formula is C20H26N2O3. The van der Waals surface area contributed by atoms with Crippen LogP contribution in [0.1, 0.15) is 68.6 Å². The van der Waals surface area contributed by atoms with E-state index in [1.54, 1.807) is 24.3 Å². The largest absolute Gasteiger partial charge is 0.352 e. The fraction of sp³-hybridized carbons (Fsp3) is 0.550. The van der Waals surface area contributed by atoms with Gasteiger partial charge in [-0.15, -0.1) is 0 Å². The summed E-state index contributed by atoms with van der Waals surface area (Å²) in [5.41, 5.74) is 0.305. The van der Waals surface area contributed by atoms with E-state index in [0.717, 1.165) is 25.7 Å². The molecule has 0 bridgehead atoms. The third kappa shape index (κ3) is 4.09. The smallest absolute Gasteiger partial charge is 0.240 e. The number of carbonyl (C=O) groups excluding carboxylic acids is 3. The third-order valence-electron chi connectivity index (χ3n) is 5.36. The van der Waals surface area contributed by atoms with Crippen molar-refractivity contribution in [1.82, 2.24) is 5.32 Å². The predicted molar refractivity (Wildman–Crippen MR) is 96.4 cm³/mol. The van der Waals surface area contributed by atoms with Crippen LogP contribution in [0.15, 0.2) is 24.3 Å². The van der Waals surface area contributed by atoms with Gasteiger partial charge in [0, 0.05) is 17.3 Å². The number of benzene rings is 1. The van der Waals surface area contributed by atoms with Gasteiger partial charge in [0.15, 0.2) is 5.78 Å². The van der Waals surface area contributed by atoms with Gasteiger partial charge in [0.05, 0.1) is 0 Å². The number of hydrogen-bond donors (Lipinski definition) is 2. The molecule has 2 fully saturated rings. The molecule has 0 radical (unpaired) electrons. The van der Waals surface area contributed by atoms with Crippen molar-refractivity contribution in [2.24, 2.45) is 5.41 Å². The molecule has 2 saturated carbocycles. The number of carbonyl (C=O) groups is 3. The molecule has 25 heavy (non-hydrogen) atoms. The summed E-state index contributed by atoms with van der Waals surface area (Å²) in [4.78, 5) is 36.6. The molecule has 1 aromatic carbocycles. The molecule has 5 heteroatoms. The van der Waals surface area contributed by atoms with E-state index in [-0.39, 0.29) is 23.6 Å². The second kappa shape index (κ2) is 7.38. The molecule has 0 unspecified atom stereocenters. The van der Waals surface area contributed by atoms with Crippen LogP contribution >= 0.6 is 0 Å². The normalized spacial score (nSPS) is 19.6. The van der Waals surface area contributed by atoms with Gasteiger partial charge in [0.2, 0.25) is 11.8 Å². The number of anilines is 1. The van der Waals surface area contributed by atoms with E-state index < -0.39 is 5.41 Å². The zero-order valence-electron chi connectivity index (χ0n) is 14.8. The Morgan fingerprint density at radius 3 is 2.04 bits per heavy atom. The molecule has 3 rings (SSSR count). The van der Waals surface area contributed by atoms with Gasteiger partial charge in [-0.3, -0.25) is 14.4 Å². The molecule has 0 aliphatic heterocycles. The maximum atomic E-state index is 12.7. The van der Waals surface area contributed by atoms with Gasteiger partial charge in [-0.05, 0) is 56.9 Å². The minimum Gasteiger partial charge on any atom is -0.352 e. The van der Waals surface area contributed by atoms with Crippen LogP contribution in [0, 0.1) is 5.41 Å². The first-order valence-electron chi connectivity index (χ1n) is 9.25. The Morgan fingerprint density at radius 1 is 0.920 bits per heavy atom. The summed E-state index contributed by atoms with van der Waals surface area (Å²) in [6.07, 6.45) is 7.97. The Bertz CT molecular complexity index is 654. The van der Waals surface area contributed by atoms with Crippen molar-refractivity contribution < 1.29 is 14.4 Å². The van der Waals surface area contributed by atoms with Crippen molar-refractivity contribution in [1.29, 1.82) is 0 Å². The van der Waals surface area contributed by atoms with E-state index in [4.69, 9.17) is 0 Å². The van der Waals surface area contributed by atoms with Gasteiger partial charge in [-0.2, -0.15) is 0 Å². The molecule has 0 aromatic heterocycles. The highest BCUT2D eigenvalue weighted by molar-refractivity contribution is 6.13. The average Bonchev–Trinajstić information content (AvgIpc) is 3.41. The standard InChI is InChI=1S/C20H26N2O3/c1-14(23)15-8-10-17(11-9-15)22-19(25)20(12-13-20)18(24)21-16-6-4-2-3-5-7-16/h8-11,16H,2-7,12-13H2,1H3,(H,21,24)(H,22,25). The summed E-state index contributed by atoms with van der Waals surface area (Å²) in [5.74, 6) is -0.384. The Kier molecular flexibility index (Phi) is 5.21. The van der Waals surface area contributed by atoms with E-state index in [2.05, 4.69) is 10.6 Å². The van der Waals surface area contributed by atoms with Crippen LogP contribution in [-0.2, 0) is 9.59 Å². The number of Topliss-reactive ketones (excluding diaryl/α,β-unsaturated/α-hetero) is 1.